The standard InChI is InChI=1S/C21H16ClNO4/c22-16-8-5-14(6-9-16)12-23-13-15(18-3-1-2-4-19(18)23)7-10-17(24)11-20(25)21(26)27/h1-11,13,25H,12H2,(H,26,27)/b10-7+,20-11-. The van der Waals surface area contributed by atoms with E-state index in [2.05, 4.69) is 4.57 Å². The van der Waals surface area contributed by atoms with Gasteiger partial charge in [0.1, 0.15) is 0 Å². The molecule has 3 rings (SSSR count). The third-order valence-electron chi connectivity index (χ3n) is 4.01. The zero-order valence-corrected chi connectivity index (χ0v) is 14.9. The van der Waals surface area contributed by atoms with E-state index in [9.17, 15) is 9.59 Å². The van der Waals surface area contributed by atoms with Crippen LogP contribution in [0.4, 0.5) is 0 Å². The first-order chi connectivity index (χ1) is 12.9. The van der Waals surface area contributed by atoms with Crippen molar-refractivity contribution in [1.29, 1.82) is 0 Å². The van der Waals surface area contributed by atoms with Crippen LogP contribution in [0.3, 0.4) is 0 Å². The van der Waals surface area contributed by atoms with E-state index in [1.165, 1.54) is 6.08 Å². The molecule has 0 amide bonds. The average Bonchev–Trinajstić information content (AvgIpc) is 2.99. The summed E-state index contributed by atoms with van der Waals surface area (Å²) in [7, 11) is 0. The molecule has 1 aromatic heterocycles. The van der Waals surface area contributed by atoms with Gasteiger partial charge in [-0.3, -0.25) is 4.79 Å². The Bertz CT molecular complexity index is 1060. The Kier molecular flexibility index (Phi) is 5.43. The number of allylic oxidation sites excluding steroid dienone is 2. The molecule has 0 aliphatic carbocycles. The number of halogens is 1. The maximum absolute atomic E-state index is 11.8. The fourth-order valence-corrected chi connectivity index (χ4v) is 2.87. The molecule has 0 saturated carbocycles. The molecule has 0 spiro atoms. The van der Waals surface area contributed by atoms with Crippen LogP contribution < -0.4 is 0 Å². The summed E-state index contributed by atoms with van der Waals surface area (Å²) in [4.78, 5) is 22.4. The van der Waals surface area contributed by atoms with Gasteiger partial charge in [-0.25, -0.2) is 4.79 Å². The van der Waals surface area contributed by atoms with E-state index in [0.29, 0.717) is 17.6 Å². The molecule has 2 aromatic carbocycles. The molecule has 2 N–H and O–H groups in total. The second-order valence-electron chi connectivity index (χ2n) is 5.93. The van der Waals surface area contributed by atoms with Crippen molar-refractivity contribution in [3.63, 3.8) is 0 Å². The first-order valence-corrected chi connectivity index (χ1v) is 8.50. The number of carbonyl (C=O) groups excluding carboxylic acids is 1. The van der Waals surface area contributed by atoms with Crippen molar-refractivity contribution in [1.82, 2.24) is 4.57 Å². The highest BCUT2D eigenvalue weighted by atomic mass is 35.5. The van der Waals surface area contributed by atoms with Crippen LogP contribution in [-0.2, 0) is 16.1 Å². The summed E-state index contributed by atoms with van der Waals surface area (Å²) in [6.07, 6.45) is 5.43. The fraction of sp³-hybridized carbons (Fsp3) is 0.0476. The quantitative estimate of drug-likeness (QED) is 0.488. The summed E-state index contributed by atoms with van der Waals surface area (Å²) in [6, 6.07) is 15.4. The Morgan fingerprint density at radius 1 is 1.04 bits per heavy atom. The summed E-state index contributed by atoms with van der Waals surface area (Å²) in [6.45, 7) is 0.638. The van der Waals surface area contributed by atoms with Gasteiger partial charge in [0.2, 0.25) is 5.76 Å². The number of aromatic nitrogens is 1. The van der Waals surface area contributed by atoms with Gasteiger partial charge in [-0.2, -0.15) is 0 Å². The van der Waals surface area contributed by atoms with Crippen LogP contribution in [0.2, 0.25) is 5.02 Å². The number of nitrogens with zero attached hydrogens (tertiary/aromatic N) is 1. The maximum Gasteiger partial charge on any atom is 0.371 e. The number of hydrogen-bond acceptors (Lipinski definition) is 3. The second-order valence-corrected chi connectivity index (χ2v) is 6.36. The Morgan fingerprint density at radius 3 is 2.44 bits per heavy atom. The molecule has 0 aliphatic heterocycles. The van der Waals surface area contributed by atoms with Gasteiger partial charge in [0.05, 0.1) is 0 Å². The number of rotatable bonds is 6. The second kappa shape index (κ2) is 7.93. The molecule has 5 nitrogen and oxygen atoms in total. The molecule has 3 aromatic rings. The number of carboxylic acids is 1. The predicted molar refractivity (Wildman–Crippen MR) is 105 cm³/mol. The minimum absolute atomic E-state index is 0.607. The van der Waals surface area contributed by atoms with Crippen molar-refractivity contribution in [2.75, 3.05) is 0 Å². The van der Waals surface area contributed by atoms with E-state index < -0.39 is 17.5 Å². The average molecular weight is 382 g/mol. The van der Waals surface area contributed by atoms with Gasteiger partial charge in [0.15, 0.2) is 5.78 Å². The number of benzene rings is 2. The lowest BCUT2D eigenvalue weighted by Crippen LogP contribution is -2.01. The number of carbonyl (C=O) groups is 2. The van der Waals surface area contributed by atoms with Gasteiger partial charge in [-0.1, -0.05) is 41.9 Å². The number of ketones is 1. The third-order valence-corrected chi connectivity index (χ3v) is 4.26. The Hall–Kier alpha value is -3.31. The van der Waals surface area contributed by atoms with E-state index >= 15 is 0 Å². The molecule has 136 valence electrons. The van der Waals surface area contributed by atoms with Gasteiger partial charge < -0.3 is 14.8 Å². The fourth-order valence-electron chi connectivity index (χ4n) is 2.74. The molecule has 0 saturated heterocycles. The van der Waals surface area contributed by atoms with Crippen LogP contribution in [0.1, 0.15) is 11.1 Å². The Morgan fingerprint density at radius 2 is 1.74 bits per heavy atom. The lowest BCUT2D eigenvalue weighted by Gasteiger charge is -2.05. The van der Waals surface area contributed by atoms with E-state index in [1.54, 1.807) is 6.08 Å². The van der Waals surface area contributed by atoms with Crippen molar-refractivity contribution in [2.24, 2.45) is 0 Å². The van der Waals surface area contributed by atoms with Crippen LogP contribution in [0.5, 0.6) is 0 Å². The molecular formula is C21H16ClNO4. The molecule has 0 atom stereocenters. The smallest absolute Gasteiger partial charge is 0.371 e. The number of aliphatic hydroxyl groups excluding tert-OH is 1. The van der Waals surface area contributed by atoms with E-state index in [1.807, 2.05) is 54.7 Å². The van der Waals surface area contributed by atoms with Crippen LogP contribution in [0, 0.1) is 0 Å². The highest BCUT2D eigenvalue weighted by Crippen LogP contribution is 2.24. The van der Waals surface area contributed by atoms with E-state index in [4.69, 9.17) is 21.8 Å². The molecule has 1 heterocycles. The third kappa shape index (κ3) is 4.46. The summed E-state index contributed by atoms with van der Waals surface area (Å²) >= 11 is 5.93. The van der Waals surface area contributed by atoms with Gasteiger partial charge in [-0.15, -0.1) is 0 Å². The van der Waals surface area contributed by atoms with Crippen LogP contribution in [0.15, 0.2) is 72.6 Å². The SMILES string of the molecule is O=C(/C=C(\O)C(=O)O)/C=C/c1cn(Cc2ccc(Cl)cc2)c2ccccc12. The number of para-hydroxylation sites is 1. The van der Waals surface area contributed by atoms with Crippen LogP contribution in [-0.4, -0.2) is 26.5 Å². The lowest BCUT2D eigenvalue weighted by atomic mass is 10.1. The summed E-state index contributed by atoms with van der Waals surface area (Å²) in [5.41, 5.74) is 2.90. The van der Waals surface area contributed by atoms with Crippen molar-refractivity contribution in [2.45, 2.75) is 6.54 Å². The molecule has 0 unspecified atom stereocenters. The zero-order valence-electron chi connectivity index (χ0n) is 14.2. The Balaban J connectivity index is 1.91. The van der Waals surface area contributed by atoms with Crippen molar-refractivity contribution in [3.05, 3.63) is 88.8 Å². The molecular weight excluding hydrogens is 366 g/mol. The summed E-state index contributed by atoms with van der Waals surface area (Å²) in [5, 5.41) is 19.4. The number of aliphatic carboxylic acids is 1. The Labute approximate surface area is 160 Å². The molecule has 0 radical (unpaired) electrons. The topological polar surface area (TPSA) is 79.5 Å². The number of aliphatic hydroxyl groups is 1. The maximum atomic E-state index is 11.8. The lowest BCUT2D eigenvalue weighted by molar-refractivity contribution is -0.135. The predicted octanol–water partition coefficient (Wildman–Crippen LogP) is 4.45. The van der Waals surface area contributed by atoms with Crippen LogP contribution >= 0.6 is 11.6 Å². The van der Waals surface area contributed by atoms with Gasteiger partial charge >= 0.3 is 5.97 Å². The van der Waals surface area contributed by atoms with Crippen molar-refractivity contribution in [3.8, 4) is 0 Å². The highest BCUT2D eigenvalue weighted by Gasteiger charge is 2.08. The van der Waals surface area contributed by atoms with Crippen molar-refractivity contribution >= 4 is 40.3 Å². The van der Waals surface area contributed by atoms with E-state index in [-0.39, 0.29) is 0 Å². The van der Waals surface area contributed by atoms with Gasteiger partial charge in [0.25, 0.3) is 0 Å². The molecule has 0 aliphatic rings. The molecule has 0 fully saturated rings. The largest absolute Gasteiger partial charge is 0.502 e. The van der Waals surface area contributed by atoms with E-state index in [0.717, 1.165) is 22.0 Å². The monoisotopic (exact) mass is 381 g/mol. The zero-order chi connectivity index (χ0) is 19.4. The van der Waals surface area contributed by atoms with Gasteiger partial charge in [-0.05, 0) is 35.9 Å². The van der Waals surface area contributed by atoms with Gasteiger partial charge in [0, 0.05) is 40.3 Å². The number of fused-ring (bicyclic) bond motifs is 1. The first kappa shape index (κ1) is 18.5. The minimum atomic E-state index is -1.55. The first-order valence-electron chi connectivity index (χ1n) is 8.12. The van der Waals surface area contributed by atoms with Crippen LogP contribution in [0.25, 0.3) is 17.0 Å². The summed E-state index contributed by atoms with van der Waals surface area (Å²) in [5.74, 6) is -3.14. The molecule has 6 heteroatoms. The summed E-state index contributed by atoms with van der Waals surface area (Å²) < 4.78 is 2.06. The normalized spacial score (nSPS) is 12.0. The van der Waals surface area contributed by atoms with Crippen molar-refractivity contribution < 1.29 is 19.8 Å². The molecule has 27 heavy (non-hydrogen) atoms. The number of hydrogen-bond donors (Lipinski definition) is 2. The number of carboxylic acid groups (broad SMARTS) is 1. The highest BCUT2D eigenvalue weighted by molar-refractivity contribution is 6.30. The molecule has 0 bridgehead atoms. The minimum Gasteiger partial charge on any atom is -0.502 e.